The van der Waals surface area contributed by atoms with Crippen LogP contribution in [0.15, 0.2) is 41.1 Å². The highest BCUT2D eigenvalue weighted by Crippen LogP contribution is 2.32. The van der Waals surface area contributed by atoms with Crippen LogP contribution in [0.5, 0.6) is 11.5 Å². The summed E-state index contributed by atoms with van der Waals surface area (Å²) in [6.45, 7) is 0. The highest BCUT2D eigenvalue weighted by molar-refractivity contribution is 5.86. The first-order chi connectivity index (χ1) is 9.81. The van der Waals surface area contributed by atoms with Gasteiger partial charge in [0, 0.05) is 18.0 Å². The highest BCUT2D eigenvalue weighted by Gasteiger charge is 2.10. The van der Waals surface area contributed by atoms with Gasteiger partial charge in [0.05, 0.1) is 14.2 Å². The van der Waals surface area contributed by atoms with E-state index >= 15 is 0 Å². The number of nitrogens with zero attached hydrogens (tertiary/aromatic N) is 2. The number of ether oxygens (including phenoxy) is 2. The average Bonchev–Trinajstić information content (AvgIpc) is 2.90. The van der Waals surface area contributed by atoms with Gasteiger partial charge >= 0.3 is 0 Å². The van der Waals surface area contributed by atoms with Crippen molar-refractivity contribution in [1.29, 1.82) is 0 Å². The Kier molecular flexibility index (Phi) is 3.12. The molecule has 102 valence electrons. The Hall–Kier alpha value is -2.76. The number of hydrogen-bond donors (Lipinski definition) is 1. The number of methoxy groups -OCH3 is 2. The third-order valence-corrected chi connectivity index (χ3v) is 2.88. The molecule has 0 aliphatic heterocycles. The van der Waals surface area contributed by atoms with Crippen molar-refractivity contribution in [2.45, 2.75) is 0 Å². The summed E-state index contributed by atoms with van der Waals surface area (Å²) >= 11 is 0. The molecule has 2 aromatic heterocycles. The van der Waals surface area contributed by atoms with Crippen molar-refractivity contribution in [3.8, 4) is 11.5 Å². The molecule has 0 fully saturated rings. The molecule has 0 atom stereocenters. The van der Waals surface area contributed by atoms with E-state index in [0.717, 1.165) is 5.69 Å². The molecule has 0 spiro atoms. The van der Waals surface area contributed by atoms with E-state index in [9.17, 15) is 0 Å². The first-order valence-electron chi connectivity index (χ1n) is 6.01. The van der Waals surface area contributed by atoms with Crippen molar-refractivity contribution >= 4 is 22.6 Å². The number of fused-ring (bicyclic) bond motifs is 1. The van der Waals surface area contributed by atoms with E-state index in [-0.39, 0.29) is 0 Å². The molecule has 3 rings (SSSR count). The van der Waals surface area contributed by atoms with Gasteiger partial charge in [0.2, 0.25) is 5.82 Å². The fourth-order valence-corrected chi connectivity index (χ4v) is 1.91. The monoisotopic (exact) mass is 271 g/mol. The van der Waals surface area contributed by atoms with Crippen LogP contribution < -0.4 is 14.8 Å². The summed E-state index contributed by atoms with van der Waals surface area (Å²) in [5, 5.41) is 7.12. The third kappa shape index (κ3) is 2.11. The smallest absolute Gasteiger partial charge is 0.200 e. The molecular formula is C14H13N3O3. The van der Waals surface area contributed by atoms with E-state index in [1.807, 2.05) is 24.3 Å². The third-order valence-electron chi connectivity index (χ3n) is 2.88. The highest BCUT2D eigenvalue weighted by atomic mass is 16.5. The number of pyridine rings is 1. The van der Waals surface area contributed by atoms with Crippen molar-refractivity contribution < 1.29 is 14.0 Å². The van der Waals surface area contributed by atoms with Gasteiger partial charge in [0.1, 0.15) is 0 Å². The number of hydrogen-bond acceptors (Lipinski definition) is 6. The Labute approximate surface area is 115 Å². The van der Waals surface area contributed by atoms with Gasteiger partial charge in [-0.2, -0.15) is 0 Å². The molecule has 0 saturated heterocycles. The van der Waals surface area contributed by atoms with Crippen molar-refractivity contribution in [2.24, 2.45) is 0 Å². The molecule has 20 heavy (non-hydrogen) atoms. The summed E-state index contributed by atoms with van der Waals surface area (Å²) < 4.78 is 15.6. The van der Waals surface area contributed by atoms with E-state index in [0.29, 0.717) is 28.4 Å². The lowest BCUT2D eigenvalue weighted by Gasteiger charge is -2.09. The maximum Gasteiger partial charge on any atom is 0.200 e. The molecular weight excluding hydrogens is 258 g/mol. The van der Waals surface area contributed by atoms with E-state index in [2.05, 4.69) is 15.5 Å². The molecule has 1 aromatic carbocycles. The number of nitrogens with one attached hydrogen (secondary N) is 1. The zero-order chi connectivity index (χ0) is 13.9. The fraction of sp³-hybridized carbons (Fsp3) is 0.143. The first kappa shape index (κ1) is 12.3. The lowest BCUT2D eigenvalue weighted by atomic mass is 10.2. The molecule has 6 nitrogen and oxygen atoms in total. The first-order valence-corrected chi connectivity index (χ1v) is 6.01. The molecule has 0 aliphatic carbocycles. The van der Waals surface area contributed by atoms with Crippen LogP contribution in [-0.4, -0.2) is 24.4 Å². The van der Waals surface area contributed by atoms with Gasteiger partial charge in [0.15, 0.2) is 22.6 Å². The summed E-state index contributed by atoms with van der Waals surface area (Å²) in [4.78, 5) is 4.24. The van der Waals surface area contributed by atoms with Crippen LogP contribution in [0.3, 0.4) is 0 Å². The minimum absolute atomic E-state index is 0.563. The van der Waals surface area contributed by atoms with Gasteiger partial charge in [-0.1, -0.05) is 5.16 Å². The summed E-state index contributed by atoms with van der Waals surface area (Å²) in [5.74, 6) is 1.87. The molecule has 0 saturated carbocycles. The minimum Gasteiger partial charge on any atom is -0.493 e. The largest absolute Gasteiger partial charge is 0.493 e. The summed E-state index contributed by atoms with van der Waals surface area (Å²) in [5.41, 5.74) is 2.13. The SMILES string of the molecule is COc1ccc(Nc2noc3cccnc23)cc1OC. The molecule has 6 heteroatoms. The molecule has 0 radical (unpaired) electrons. The van der Waals surface area contributed by atoms with Gasteiger partial charge in [0.25, 0.3) is 0 Å². The topological polar surface area (TPSA) is 69.4 Å². The normalized spacial score (nSPS) is 10.5. The number of aromatic nitrogens is 2. The second-order valence-corrected chi connectivity index (χ2v) is 4.08. The van der Waals surface area contributed by atoms with Crippen molar-refractivity contribution in [3.63, 3.8) is 0 Å². The quantitative estimate of drug-likeness (QED) is 0.786. The second kappa shape index (κ2) is 5.08. The maximum absolute atomic E-state index is 5.26. The standard InChI is InChI=1S/C14H13N3O3/c1-18-10-6-5-9(8-12(10)19-2)16-14-13-11(20-17-14)4-3-7-15-13/h3-8H,1-2H3,(H,16,17). The number of anilines is 2. The summed E-state index contributed by atoms with van der Waals surface area (Å²) in [7, 11) is 3.19. The van der Waals surface area contributed by atoms with Crippen LogP contribution >= 0.6 is 0 Å². The van der Waals surface area contributed by atoms with Crippen LogP contribution in [0.25, 0.3) is 11.1 Å². The van der Waals surface area contributed by atoms with E-state index < -0.39 is 0 Å². The van der Waals surface area contributed by atoms with Crippen LogP contribution in [-0.2, 0) is 0 Å². The van der Waals surface area contributed by atoms with Crippen LogP contribution in [0, 0.1) is 0 Å². The van der Waals surface area contributed by atoms with Gasteiger partial charge in [-0.15, -0.1) is 0 Å². The van der Waals surface area contributed by atoms with Crippen molar-refractivity contribution in [3.05, 3.63) is 36.5 Å². The van der Waals surface area contributed by atoms with Gasteiger partial charge < -0.3 is 19.3 Å². The van der Waals surface area contributed by atoms with Crippen molar-refractivity contribution in [2.75, 3.05) is 19.5 Å². The number of benzene rings is 1. The average molecular weight is 271 g/mol. The molecule has 0 aliphatic rings. The van der Waals surface area contributed by atoms with E-state index in [1.54, 1.807) is 26.5 Å². The zero-order valence-electron chi connectivity index (χ0n) is 11.1. The van der Waals surface area contributed by atoms with Crippen LogP contribution in [0.2, 0.25) is 0 Å². The predicted molar refractivity (Wildman–Crippen MR) is 74.6 cm³/mol. The molecule has 0 unspecified atom stereocenters. The Morgan fingerprint density at radius 3 is 2.75 bits per heavy atom. The summed E-state index contributed by atoms with van der Waals surface area (Å²) in [6, 6.07) is 9.12. The Morgan fingerprint density at radius 1 is 1.10 bits per heavy atom. The molecule has 0 amide bonds. The van der Waals surface area contributed by atoms with E-state index in [4.69, 9.17) is 14.0 Å². The molecule has 1 N–H and O–H groups in total. The second-order valence-electron chi connectivity index (χ2n) is 4.08. The van der Waals surface area contributed by atoms with E-state index in [1.165, 1.54) is 0 Å². The molecule has 3 aromatic rings. The number of rotatable bonds is 4. The van der Waals surface area contributed by atoms with Crippen LogP contribution in [0.1, 0.15) is 0 Å². The Balaban J connectivity index is 1.95. The van der Waals surface area contributed by atoms with Crippen molar-refractivity contribution in [1.82, 2.24) is 10.1 Å². The maximum atomic E-state index is 5.26. The predicted octanol–water partition coefficient (Wildman–Crippen LogP) is 2.98. The van der Waals surface area contributed by atoms with Gasteiger partial charge in [-0.05, 0) is 24.3 Å². The lowest BCUT2D eigenvalue weighted by molar-refractivity contribution is 0.355. The fourth-order valence-electron chi connectivity index (χ4n) is 1.91. The van der Waals surface area contributed by atoms with Gasteiger partial charge in [-0.25, -0.2) is 4.98 Å². The Bertz CT molecular complexity index is 739. The molecule has 2 heterocycles. The summed E-state index contributed by atoms with van der Waals surface area (Å²) in [6.07, 6.45) is 1.69. The molecule has 0 bridgehead atoms. The van der Waals surface area contributed by atoms with Gasteiger partial charge in [-0.3, -0.25) is 0 Å². The zero-order valence-corrected chi connectivity index (χ0v) is 11.1. The minimum atomic E-state index is 0.563. The van der Waals surface area contributed by atoms with Crippen LogP contribution in [0.4, 0.5) is 11.5 Å². The Morgan fingerprint density at radius 2 is 1.95 bits per heavy atom. The lowest BCUT2D eigenvalue weighted by Crippen LogP contribution is -1.95.